The van der Waals surface area contributed by atoms with Crippen molar-refractivity contribution in [3.05, 3.63) is 129 Å². The lowest BCUT2D eigenvalue weighted by Gasteiger charge is -2.49. The number of methoxy groups -OCH3 is 1. The minimum Gasteiger partial charge on any atom is -0.504 e. The smallest absolute Gasteiger partial charge is 0.417 e. The van der Waals surface area contributed by atoms with Crippen LogP contribution >= 0.6 is 23.2 Å². The Kier molecular flexibility index (Phi) is 9.79. The number of hydrazine groups is 1. The zero-order valence-electron chi connectivity index (χ0n) is 30.6. The lowest BCUT2D eigenvalue weighted by atomic mass is 9.50. The van der Waals surface area contributed by atoms with Gasteiger partial charge >= 0.3 is 12.1 Å². The molecule has 8 rings (SSSR count). The van der Waals surface area contributed by atoms with E-state index in [0.29, 0.717) is 39.0 Å². The Balaban J connectivity index is 1.29. The Labute approximate surface area is 343 Å². The number of aromatic carboxylic acids is 1. The van der Waals surface area contributed by atoms with Crippen molar-refractivity contribution in [1.82, 2.24) is 9.99 Å². The number of fused-ring (bicyclic) bond motifs is 4. The van der Waals surface area contributed by atoms with Crippen molar-refractivity contribution in [1.29, 1.82) is 0 Å². The van der Waals surface area contributed by atoms with Crippen molar-refractivity contribution >= 4 is 70.4 Å². The molecule has 0 spiro atoms. The van der Waals surface area contributed by atoms with Gasteiger partial charge in [0.25, 0.3) is 11.8 Å². The summed E-state index contributed by atoms with van der Waals surface area (Å²) in [7, 11) is 1.38. The maximum atomic E-state index is 15.3. The van der Waals surface area contributed by atoms with Crippen LogP contribution in [0.2, 0.25) is 10.0 Å². The average molecular weight is 848 g/mol. The number of allylic oxidation sites excluding steroid dienone is 3. The van der Waals surface area contributed by atoms with Gasteiger partial charge in [0.2, 0.25) is 11.8 Å². The van der Waals surface area contributed by atoms with Gasteiger partial charge < -0.3 is 14.9 Å². The zero-order chi connectivity index (χ0) is 42.1. The summed E-state index contributed by atoms with van der Waals surface area (Å²) in [5.41, 5.74) is 1.08. The third kappa shape index (κ3) is 6.39. The van der Waals surface area contributed by atoms with E-state index in [4.69, 9.17) is 27.9 Å². The maximum Gasteiger partial charge on any atom is 0.417 e. The molecule has 59 heavy (non-hydrogen) atoms. The zero-order valence-corrected chi connectivity index (χ0v) is 32.1. The first-order valence-corrected chi connectivity index (χ1v) is 18.9. The fraction of sp³-hybridized carbons (Fsp3) is 0.238. The number of benzene rings is 3. The number of imide groups is 2. The van der Waals surface area contributed by atoms with Crippen LogP contribution in [0.3, 0.4) is 0 Å². The molecule has 4 amide bonds. The SMILES string of the molecule is COc1cc(C=CC2C3=CCC4C(=O)N(c5cccc(C(=O)O)c5)C(=O)C4C3CC3C(=O)N(Nc4ncc(C(F)(F)F)cc4Cl)C(=O)C23c2ccc(Cl)cc2)ccc1O. The van der Waals surface area contributed by atoms with Crippen molar-refractivity contribution < 1.29 is 52.1 Å². The predicted octanol–water partition coefficient (Wildman–Crippen LogP) is 7.55. The number of aromatic hydroxyl groups is 1. The number of hydrogen-bond acceptors (Lipinski definition) is 9. The number of halogens is 5. The summed E-state index contributed by atoms with van der Waals surface area (Å²) < 4.78 is 45.8. The number of carbonyl (C=O) groups is 5. The quantitative estimate of drug-likeness (QED) is 0.119. The number of aromatic nitrogens is 1. The number of phenols is 1. The van der Waals surface area contributed by atoms with Crippen molar-refractivity contribution in [2.75, 3.05) is 17.4 Å². The molecule has 0 bridgehead atoms. The molecular weight excluding hydrogens is 816 g/mol. The van der Waals surface area contributed by atoms with Crippen LogP contribution < -0.4 is 15.1 Å². The lowest BCUT2D eigenvalue weighted by Crippen LogP contribution is -2.54. The standard InChI is InChI=1S/C42H31Cl2F3N4O8/c1-59-33-15-20(6-14-32(33)52)5-13-29-26-11-12-27-34(38(55)50(36(27)53)25-4-2-3-21(16-25)39(56)57)28(26)18-30-37(54)51(40(58)41(29,30)22-7-9-24(43)10-8-22)49-35-31(44)17-23(19-48-35)42(45,46)47/h2-11,13-17,19,27-30,34,52H,12,18H2,1H3,(H,48,49)(H,56,57). The number of nitrogens with one attached hydrogen (secondary N) is 1. The highest BCUT2D eigenvalue weighted by molar-refractivity contribution is 6.33. The first-order chi connectivity index (χ1) is 28.1. The number of hydrogen-bond donors (Lipinski definition) is 3. The third-order valence-electron chi connectivity index (χ3n) is 11.7. The number of carboxylic acids is 1. The van der Waals surface area contributed by atoms with Crippen LogP contribution in [0.4, 0.5) is 24.7 Å². The van der Waals surface area contributed by atoms with Gasteiger partial charge in [0.1, 0.15) is 0 Å². The number of phenolic OH excluding ortho intramolecular Hbond substituents is 1. The monoisotopic (exact) mass is 846 g/mol. The highest BCUT2D eigenvalue weighted by Gasteiger charge is 2.69. The molecule has 2 aliphatic carbocycles. The number of pyridine rings is 1. The van der Waals surface area contributed by atoms with E-state index < -0.39 is 87.2 Å². The fourth-order valence-corrected chi connectivity index (χ4v) is 9.40. The van der Waals surface area contributed by atoms with E-state index in [2.05, 4.69) is 10.4 Å². The van der Waals surface area contributed by atoms with Gasteiger partial charge in [0, 0.05) is 17.1 Å². The van der Waals surface area contributed by atoms with Crippen LogP contribution in [-0.4, -0.2) is 56.9 Å². The number of anilines is 2. The number of ether oxygens (including phenoxy) is 1. The molecule has 6 unspecified atom stereocenters. The van der Waals surface area contributed by atoms with Gasteiger partial charge in [-0.1, -0.05) is 71.3 Å². The summed E-state index contributed by atoms with van der Waals surface area (Å²) in [4.78, 5) is 75.3. The van der Waals surface area contributed by atoms with Crippen molar-refractivity contribution in [2.45, 2.75) is 24.4 Å². The number of amides is 4. The summed E-state index contributed by atoms with van der Waals surface area (Å²) in [6.45, 7) is 0. The van der Waals surface area contributed by atoms with Gasteiger partial charge in [0.15, 0.2) is 17.3 Å². The van der Waals surface area contributed by atoms with Crippen LogP contribution in [0, 0.1) is 29.6 Å². The average Bonchev–Trinajstić information content (AvgIpc) is 3.59. The van der Waals surface area contributed by atoms with Gasteiger partial charge in [-0.15, -0.1) is 0 Å². The van der Waals surface area contributed by atoms with Gasteiger partial charge in [-0.2, -0.15) is 18.2 Å². The highest BCUT2D eigenvalue weighted by atomic mass is 35.5. The summed E-state index contributed by atoms with van der Waals surface area (Å²) in [5.74, 6) is -9.30. The van der Waals surface area contributed by atoms with Gasteiger partial charge in [-0.25, -0.2) is 9.78 Å². The van der Waals surface area contributed by atoms with Crippen molar-refractivity contribution in [3.63, 3.8) is 0 Å². The molecule has 3 heterocycles. The second kappa shape index (κ2) is 14.6. The summed E-state index contributed by atoms with van der Waals surface area (Å²) in [6, 6.07) is 16.9. The normalized spacial score (nSPS) is 25.2. The number of rotatable bonds is 8. The Morgan fingerprint density at radius 1 is 0.983 bits per heavy atom. The molecule has 2 aliphatic heterocycles. The number of alkyl halides is 3. The summed E-state index contributed by atoms with van der Waals surface area (Å²) in [6.07, 6.45) is 0.869. The molecule has 302 valence electrons. The molecule has 4 aromatic rings. The third-order valence-corrected chi connectivity index (χ3v) is 12.2. The summed E-state index contributed by atoms with van der Waals surface area (Å²) >= 11 is 12.6. The Hall–Kier alpha value is -6.19. The van der Waals surface area contributed by atoms with E-state index in [9.17, 15) is 42.6 Å². The molecule has 2 saturated heterocycles. The first kappa shape index (κ1) is 39.6. The maximum absolute atomic E-state index is 15.3. The van der Waals surface area contributed by atoms with E-state index in [1.54, 1.807) is 54.6 Å². The van der Waals surface area contributed by atoms with E-state index in [1.807, 2.05) is 0 Å². The van der Waals surface area contributed by atoms with Gasteiger partial charge in [-0.3, -0.25) is 29.5 Å². The molecule has 3 fully saturated rings. The Morgan fingerprint density at radius 3 is 2.41 bits per heavy atom. The van der Waals surface area contributed by atoms with Gasteiger partial charge in [0.05, 0.1) is 52.1 Å². The Bertz CT molecular complexity index is 2530. The molecule has 0 radical (unpaired) electrons. The molecule has 6 atom stereocenters. The largest absolute Gasteiger partial charge is 0.504 e. The van der Waals surface area contributed by atoms with E-state index in [0.717, 1.165) is 4.90 Å². The van der Waals surface area contributed by atoms with Crippen LogP contribution in [0.1, 0.15) is 39.9 Å². The number of carbonyl (C=O) groups excluding carboxylic acids is 4. The molecule has 1 aromatic heterocycles. The molecule has 1 saturated carbocycles. The molecule has 4 aliphatic rings. The number of carboxylic acid groups (broad SMARTS) is 1. The van der Waals surface area contributed by atoms with Crippen LogP contribution in [-0.2, 0) is 30.8 Å². The molecular formula is C42H31Cl2F3N4O8. The van der Waals surface area contributed by atoms with E-state index >= 15 is 4.79 Å². The second-order valence-electron chi connectivity index (χ2n) is 14.6. The second-order valence-corrected chi connectivity index (χ2v) is 15.5. The van der Waals surface area contributed by atoms with Crippen LogP contribution in [0.15, 0.2) is 96.7 Å². The fourth-order valence-electron chi connectivity index (χ4n) is 9.07. The first-order valence-electron chi connectivity index (χ1n) is 18.2. The molecule has 3 aromatic carbocycles. The minimum absolute atomic E-state index is 0.0725. The molecule has 12 nitrogen and oxygen atoms in total. The van der Waals surface area contributed by atoms with Crippen LogP contribution in [0.25, 0.3) is 6.08 Å². The predicted molar refractivity (Wildman–Crippen MR) is 207 cm³/mol. The van der Waals surface area contributed by atoms with E-state index in [1.165, 1.54) is 37.4 Å². The Morgan fingerprint density at radius 2 is 1.73 bits per heavy atom. The molecule has 17 heteroatoms. The minimum atomic E-state index is -4.78. The number of nitrogens with zero attached hydrogens (tertiary/aromatic N) is 3. The molecule has 3 N–H and O–H groups in total. The van der Waals surface area contributed by atoms with Crippen molar-refractivity contribution in [3.8, 4) is 11.5 Å². The topological polar surface area (TPSA) is 166 Å². The van der Waals surface area contributed by atoms with Crippen LogP contribution in [0.5, 0.6) is 11.5 Å². The highest BCUT2D eigenvalue weighted by Crippen LogP contribution is 2.62. The lowest BCUT2D eigenvalue weighted by molar-refractivity contribution is -0.139. The summed E-state index contributed by atoms with van der Waals surface area (Å²) in [5, 5.41) is 20.4. The van der Waals surface area contributed by atoms with Gasteiger partial charge in [-0.05, 0) is 78.4 Å². The van der Waals surface area contributed by atoms with E-state index in [-0.39, 0.29) is 35.6 Å². The van der Waals surface area contributed by atoms with Crippen molar-refractivity contribution in [2.24, 2.45) is 29.6 Å².